The van der Waals surface area contributed by atoms with Gasteiger partial charge in [-0.1, -0.05) is 18.2 Å². The van der Waals surface area contributed by atoms with Gasteiger partial charge in [-0.3, -0.25) is 9.21 Å². The Labute approximate surface area is 241 Å². The van der Waals surface area contributed by atoms with Crippen LogP contribution in [0.15, 0.2) is 52.2 Å². The van der Waals surface area contributed by atoms with Gasteiger partial charge in [-0.25, -0.2) is 18.2 Å². The number of sulfonamides is 1. The quantitative estimate of drug-likeness (QED) is 0.246. The van der Waals surface area contributed by atoms with E-state index in [0.717, 1.165) is 58.8 Å². The summed E-state index contributed by atoms with van der Waals surface area (Å²) in [6, 6.07) is 11.3. The lowest BCUT2D eigenvalue weighted by Gasteiger charge is -2.24. The molecule has 0 radical (unpaired) electrons. The lowest BCUT2D eigenvalue weighted by atomic mass is 10.2. The molecule has 6 rings (SSSR count). The number of β-amino-alcohol motifs (C(OH)–C–C–N with tert-alkyl or cyclic N) is 1. The number of anilines is 1. The monoisotopic (exact) mass is 628 g/mol. The molecule has 220 valence electrons. The number of H-pyrrole nitrogens is 1. The molecule has 1 saturated heterocycles. The third-order valence-corrected chi connectivity index (χ3v) is 10.9. The molecule has 2 fully saturated rings. The number of aromatic nitrogens is 2. The number of likely N-dealkylation sites (tertiary alicyclic amines) is 1. The van der Waals surface area contributed by atoms with E-state index >= 15 is 0 Å². The van der Waals surface area contributed by atoms with E-state index < -0.39 is 22.2 Å². The van der Waals surface area contributed by atoms with Gasteiger partial charge in [0.2, 0.25) is 0 Å². The summed E-state index contributed by atoms with van der Waals surface area (Å²) < 4.78 is 60.8. The van der Waals surface area contributed by atoms with Gasteiger partial charge in [0.15, 0.2) is 0 Å². The number of aliphatic hydroxyl groups excluding tert-OH is 1. The van der Waals surface area contributed by atoms with Gasteiger partial charge >= 0.3 is 12.1 Å². The van der Waals surface area contributed by atoms with Crippen LogP contribution in [0.2, 0.25) is 0 Å². The summed E-state index contributed by atoms with van der Waals surface area (Å²) in [5.41, 5.74) is 2.39. The number of benzene rings is 1. The first kappa shape index (κ1) is 29.5. The Balaban J connectivity index is 0.000000431. The van der Waals surface area contributed by atoms with Crippen LogP contribution in [0.25, 0.3) is 21.6 Å². The highest BCUT2D eigenvalue weighted by molar-refractivity contribution is 7.94. The first-order valence-electron chi connectivity index (χ1n) is 12.8. The van der Waals surface area contributed by atoms with Crippen molar-refractivity contribution in [2.45, 2.75) is 42.3 Å². The Morgan fingerprint density at radius 3 is 2.56 bits per heavy atom. The number of aliphatic carboxylic acids is 1. The number of thiophene rings is 1. The number of fused-ring (bicyclic) bond motifs is 1. The van der Waals surface area contributed by atoms with Crippen molar-refractivity contribution in [3.8, 4) is 10.7 Å². The number of nitrogens with zero attached hydrogens (tertiary/aromatic N) is 3. The topological polar surface area (TPSA) is 127 Å². The van der Waals surface area contributed by atoms with Crippen molar-refractivity contribution >= 4 is 55.3 Å². The molecule has 1 saturated carbocycles. The second-order valence-electron chi connectivity index (χ2n) is 9.95. The maximum atomic E-state index is 13.6. The SMILES string of the molecule is O=C(O)C(F)(F)F.O=S(=O)(c1cccs1)N(CC1CC1)c1cccc2cc(-c3ncc(CN4CCC(O)C4)s3)[nH]c12. The number of aromatic amines is 1. The van der Waals surface area contributed by atoms with E-state index in [2.05, 4.69) is 14.9 Å². The Morgan fingerprint density at radius 2 is 1.95 bits per heavy atom. The van der Waals surface area contributed by atoms with E-state index in [1.54, 1.807) is 33.2 Å². The van der Waals surface area contributed by atoms with E-state index in [-0.39, 0.29) is 6.10 Å². The largest absolute Gasteiger partial charge is 0.490 e. The van der Waals surface area contributed by atoms with Crippen molar-refractivity contribution in [1.29, 1.82) is 0 Å². The summed E-state index contributed by atoms with van der Waals surface area (Å²) in [4.78, 5) is 20.4. The fourth-order valence-electron chi connectivity index (χ4n) is 4.52. The number of alkyl halides is 3. The minimum absolute atomic E-state index is 0.233. The lowest BCUT2D eigenvalue weighted by Crippen LogP contribution is -2.32. The average Bonchev–Trinajstić information content (AvgIpc) is 3.38. The molecule has 4 aromatic rings. The first-order chi connectivity index (χ1) is 19.4. The highest BCUT2D eigenvalue weighted by Gasteiger charge is 2.38. The van der Waals surface area contributed by atoms with E-state index in [9.17, 15) is 26.7 Å². The molecular weight excluding hydrogens is 602 g/mol. The summed E-state index contributed by atoms with van der Waals surface area (Å²) in [5.74, 6) is -2.35. The van der Waals surface area contributed by atoms with Crippen molar-refractivity contribution in [3.05, 3.63) is 52.9 Å². The standard InChI is InChI=1S/C24H26N4O3S3.C2HF3O2/c29-18-8-9-27(14-18)15-19-12-25-24(33-19)20-11-17-3-1-4-21(23(17)26-20)28(13-16-6-7-16)34(30,31)22-5-2-10-32-22;3-2(4,5)1(6)7/h1-5,10-12,16,18,26,29H,6-9,13-15H2;(H,6,7). The van der Waals surface area contributed by atoms with E-state index in [4.69, 9.17) is 9.90 Å². The Hall–Kier alpha value is -2.98. The number of carbonyl (C=O) groups is 1. The fourth-order valence-corrected chi connectivity index (χ4v) is 8.11. The number of rotatable bonds is 8. The predicted molar refractivity (Wildman–Crippen MR) is 151 cm³/mol. The molecule has 9 nitrogen and oxygen atoms in total. The van der Waals surface area contributed by atoms with Crippen LogP contribution in [0.4, 0.5) is 18.9 Å². The molecular formula is C26H27F3N4O5S3. The maximum Gasteiger partial charge on any atom is 0.490 e. The minimum atomic E-state index is -5.08. The van der Waals surface area contributed by atoms with E-state index in [0.29, 0.717) is 28.9 Å². The van der Waals surface area contributed by atoms with E-state index in [1.807, 2.05) is 30.5 Å². The summed E-state index contributed by atoms with van der Waals surface area (Å²) in [6.07, 6.45) is -0.458. The van der Waals surface area contributed by atoms with Gasteiger partial charge in [-0.2, -0.15) is 13.2 Å². The zero-order valence-electron chi connectivity index (χ0n) is 21.5. The molecule has 0 spiro atoms. The third-order valence-electron chi connectivity index (χ3n) is 6.72. The highest BCUT2D eigenvalue weighted by Crippen LogP contribution is 2.39. The van der Waals surface area contributed by atoms with Crippen LogP contribution >= 0.6 is 22.7 Å². The molecule has 41 heavy (non-hydrogen) atoms. The average molecular weight is 629 g/mol. The van der Waals surface area contributed by atoms with Gasteiger partial charge < -0.3 is 15.2 Å². The minimum Gasteiger partial charge on any atom is -0.475 e. The fraction of sp³-hybridized carbons (Fsp3) is 0.385. The summed E-state index contributed by atoms with van der Waals surface area (Å²) in [6.45, 7) is 2.89. The number of thiazole rings is 1. The van der Waals surface area contributed by atoms with Gasteiger partial charge in [-0.15, -0.1) is 22.7 Å². The second-order valence-corrected chi connectivity index (χ2v) is 14.1. The molecule has 15 heteroatoms. The van der Waals surface area contributed by atoms with Crippen molar-refractivity contribution in [1.82, 2.24) is 14.9 Å². The van der Waals surface area contributed by atoms with Gasteiger partial charge in [0.05, 0.1) is 23.0 Å². The van der Waals surface area contributed by atoms with Gasteiger partial charge in [0, 0.05) is 42.6 Å². The second kappa shape index (κ2) is 11.7. The number of carboxylic acid groups (broad SMARTS) is 1. The maximum absolute atomic E-state index is 13.6. The molecule has 0 bridgehead atoms. The first-order valence-corrected chi connectivity index (χ1v) is 15.9. The number of para-hydroxylation sites is 1. The predicted octanol–water partition coefficient (Wildman–Crippen LogP) is 5.16. The van der Waals surface area contributed by atoms with Crippen molar-refractivity contribution in [2.24, 2.45) is 5.92 Å². The Kier molecular flexibility index (Phi) is 8.43. The van der Waals surface area contributed by atoms with E-state index in [1.165, 1.54) is 11.3 Å². The van der Waals surface area contributed by atoms with Gasteiger partial charge in [0.25, 0.3) is 10.0 Å². The molecule has 1 atom stereocenters. The number of hydrogen-bond donors (Lipinski definition) is 3. The van der Waals surface area contributed by atoms with Crippen LogP contribution in [0.1, 0.15) is 24.1 Å². The van der Waals surface area contributed by atoms with Gasteiger partial charge in [0.1, 0.15) is 9.22 Å². The number of carboxylic acids is 1. The Morgan fingerprint density at radius 1 is 1.20 bits per heavy atom. The van der Waals surface area contributed by atoms with Crippen LogP contribution in [0.3, 0.4) is 0 Å². The lowest BCUT2D eigenvalue weighted by molar-refractivity contribution is -0.192. The summed E-state index contributed by atoms with van der Waals surface area (Å²) in [5, 5.41) is 20.6. The third kappa shape index (κ3) is 6.92. The van der Waals surface area contributed by atoms with Crippen molar-refractivity contribution in [3.63, 3.8) is 0 Å². The van der Waals surface area contributed by atoms with Crippen LogP contribution in [0.5, 0.6) is 0 Å². The molecule has 4 heterocycles. The summed E-state index contributed by atoms with van der Waals surface area (Å²) in [7, 11) is -3.63. The molecule has 1 aliphatic heterocycles. The smallest absolute Gasteiger partial charge is 0.475 e. The van der Waals surface area contributed by atoms with Gasteiger partial charge in [-0.05, 0) is 48.8 Å². The molecule has 1 aromatic carbocycles. The summed E-state index contributed by atoms with van der Waals surface area (Å²) >= 11 is 2.89. The van der Waals surface area contributed by atoms with Crippen LogP contribution in [0, 0.1) is 5.92 Å². The molecule has 1 unspecified atom stereocenters. The zero-order valence-corrected chi connectivity index (χ0v) is 24.0. The van der Waals surface area contributed by atoms with Crippen molar-refractivity contribution in [2.75, 3.05) is 23.9 Å². The number of aliphatic hydroxyl groups is 1. The number of hydrogen-bond acceptors (Lipinski definition) is 8. The number of halogens is 3. The molecule has 1 aliphatic carbocycles. The van der Waals surface area contributed by atoms with Crippen LogP contribution < -0.4 is 4.31 Å². The van der Waals surface area contributed by atoms with Crippen molar-refractivity contribution < 1.29 is 36.6 Å². The normalized spacial score (nSPS) is 17.9. The molecule has 3 N–H and O–H groups in total. The molecule has 0 amide bonds. The van der Waals surface area contributed by atoms with Crippen LogP contribution in [-0.4, -0.2) is 71.4 Å². The zero-order chi connectivity index (χ0) is 29.4. The Bertz CT molecular complexity index is 1610. The number of nitrogens with one attached hydrogen (secondary N) is 1. The highest BCUT2D eigenvalue weighted by atomic mass is 32.2. The molecule has 2 aliphatic rings. The molecule has 3 aromatic heterocycles. The van der Waals surface area contributed by atoms with Crippen LogP contribution in [-0.2, 0) is 21.4 Å².